The molecular weight excluding hydrogens is 388 g/mol. The van der Waals surface area contributed by atoms with Crippen molar-refractivity contribution in [1.29, 1.82) is 0 Å². The van der Waals surface area contributed by atoms with Crippen LogP contribution in [0.4, 0.5) is 0 Å². The molecule has 0 aromatic carbocycles. The normalized spacial score (nSPS) is 10.6. The van der Waals surface area contributed by atoms with Gasteiger partial charge in [-0.25, -0.2) is 4.79 Å². The highest BCUT2D eigenvalue weighted by molar-refractivity contribution is 5.81. The molecule has 0 fully saturated rings. The molecule has 0 aliphatic rings. The lowest BCUT2D eigenvalue weighted by molar-refractivity contribution is -0.153. The van der Waals surface area contributed by atoms with E-state index < -0.39 is 25.1 Å². The van der Waals surface area contributed by atoms with E-state index in [1.807, 2.05) is 13.8 Å². The molecule has 0 rings (SSSR count). The first-order chi connectivity index (χ1) is 14.1. The fraction of sp³-hybridized carbons (Fsp3) is 0.833. The molecule has 0 saturated carbocycles. The molecule has 2 amide bonds. The number of hydrogen-bond acceptors (Lipinski definition) is 9. The highest BCUT2D eigenvalue weighted by Crippen LogP contribution is 1.84. The Kier molecular flexibility index (Phi) is 19.6. The van der Waals surface area contributed by atoms with Crippen molar-refractivity contribution in [1.82, 2.24) is 10.6 Å². The Morgan fingerprint density at radius 3 is 1.59 bits per heavy atom. The third-order valence-electron chi connectivity index (χ3n) is 3.11. The summed E-state index contributed by atoms with van der Waals surface area (Å²) in [6, 6.07) is 0. The quantitative estimate of drug-likeness (QED) is 0.185. The minimum absolute atomic E-state index is 0.292. The van der Waals surface area contributed by atoms with Crippen molar-refractivity contribution < 1.29 is 42.8 Å². The number of rotatable bonds is 20. The summed E-state index contributed by atoms with van der Waals surface area (Å²) in [5, 5.41) is 5.12. The summed E-state index contributed by atoms with van der Waals surface area (Å²) >= 11 is 0. The SMILES string of the molecule is CCOCCOCCNC(=O)COCC(=O)OCC(=O)NCCOCCOCC. The molecule has 2 N–H and O–H groups in total. The third-order valence-corrected chi connectivity index (χ3v) is 3.11. The maximum absolute atomic E-state index is 11.5. The maximum Gasteiger partial charge on any atom is 0.332 e. The predicted molar refractivity (Wildman–Crippen MR) is 102 cm³/mol. The van der Waals surface area contributed by atoms with Crippen molar-refractivity contribution >= 4 is 17.8 Å². The molecule has 0 heterocycles. The highest BCUT2D eigenvalue weighted by Gasteiger charge is 2.09. The summed E-state index contributed by atoms with van der Waals surface area (Å²) in [7, 11) is 0. The van der Waals surface area contributed by atoms with Gasteiger partial charge in [0.2, 0.25) is 5.91 Å². The number of ether oxygens (including phenoxy) is 6. The van der Waals surface area contributed by atoms with E-state index in [-0.39, 0.29) is 12.5 Å². The van der Waals surface area contributed by atoms with E-state index in [2.05, 4.69) is 10.6 Å². The topological polar surface area (TPSA) is 131 Å². The molecule has 11 nitrogen and oxygen atoms in total. The minimum Gasteiger partial charge on any atom is -0.454 e. The van der Waals surface area contributed by atoms with E-state index in [0.717, 1.165) is 0 Å². The van der Waals surface area contributed by atoms with Gasteiger partial charge in [0.1, 0.15) is 13.2 Å². The van der Waals surface area contributed by atoms with Gasteiger partial charge in [0.15, 0.2) is 6.61 Å². The molecule has 170 valence electrons. The first-order valence-electron chi connectivity index (χ1n) is 9.67. The second-order valence-electron chi connectivity index (χ2n) is 5.47. The summed E-state index contributed by atoms with van der Waals surface area (Å²) in [6.45, 7) is 7.15. The van der Waals surface area contributed by atoms with Crippen LogP contribution in [0.5, 0.6) is 0 Å². The van der Waals surface area contributed by atoms with Gasteiger partial charge in [-0.2, -0.15) is 0 Å². The molecular formula is C18H34N2O9. The standard InChI is InChI=1S/C18H34N2O9/c1-3-24-9-11-26-7-5-19-16(21)13-28-15-18(23)29-14-17(22)20-6-8-27-12-10-25-4-2/h3-15H2,1-2H3,(H,19,21)(H,20,22). The van der Waals surface area contributed by atoms with Crippen LogP contribution < -0.4 is 10.6 Å². The van der Waals surface area contributed by atoms with Crippen LogP contribution in [0.15, 0.2) is 0 Å². The van der Waals surface area contributed by atoms with Crippen molar-refractivity contribution in [3.05, 3.63) is 0 Å². The lowest BCUT2D eigenvalue weighted by Gasteiger charge is -2.08. The summed E-state index contributed by atoms with van der Waals surface area (Å²) in [5.74, 6) is -1.57. The van der Waals surface area contributed by atoms with Crippen LogP contribution in [0.3, 0.4) is 0 Å². The Morgan fingerprint density at radius 2 is 1.07 bits per heavy atom. The monoisotopic (exact) mass is 422 g/mol. The largest absolute Gasteiger partial charge is 0.454 e. The minimum atomic E-state index is -0.736. The van der Waals surface area contributed by atoms with Crippen molar-refractivity contribution in [2.24, 2.45) is 0 Å². The molecule has 29 heavy (non-hydrogen) atoms. The second-order valence-corrected chi connectivity index (χ2v) is 5.47. The molecule has 0 atom stereocenters. The van der Waals surface area contributed by atoms with Crippen molar-refractivity contribution in [2.45, 2.75) is 13.8 Å². The van der Waals surface area contributed by atoms with Crippen LogP contribution in [-0.4, -0.2) is 104 Å². The summed E-state index contributed by atoms with van der Waals surface area (Å²) in [6.07, 6.45) is 0. The molecule has 0 aliphatic heterocycles. The van der Waals surface area contributed by atoms with Gasteiger partial charge in [0.25, 0.3) is 5.91 Å². The van der Waals surface area contributed by atoms with Crippen molar-refractivity contribution in [3.8, 4) is 0 Å². The molecule has 0 unspecified atom stereocenters. The summed E-state index contributed by atoms with van der Waals surface area (Å²) in [5.41, 5.74) is 0. The van der Waals surface area contributed by atoms with E-state index in [0.29, 0.717) is 65.9 Å². The fourth-order valence-electron chi connectivity index (χ4n) is 1.77. The van der Waals surface area contributed by atoms with Crippen LogP contribution >= 0.6 is 0 Å². The van der Waals surface area contributed by atoms with Crippen LogP contribution in [0.2, 0.25) is 0 Å². The number of nitrogens with one attached hydrogen (secondary N) is 2. The smallest absolute Gasteiger partial charge is 0.332 e. The number of amides is 2. The lowest BCUT2D eigenvalue weighted by atomic mass is 10.5. The lowest BCUT2D eigenvalue weighted by Crippen LogP contribution is -2.33. The Hall–Kier alpha value is -1.79. The van der Waals surface area contributed by atoms with E-state index in [4.69, 9.17) is 28.4 Å². The van der Waals surface area contributed by atoms with Crippen molar-refractivity contribution in [2.75, 3.05) is 85.8 Å². The molecule has 0 bridgehead atoms. The average molecular weight is 422 g/mol. The Bertz CT molecular complexity index is 436. The number of hydrogen-bond donors (Lipinski definition) is 2. The van der Waals surface area contributed by atoms with Gasteiger partial charge >= 0.3 is 5.97 Å². The van der Waals surface area contributed by atoms with E-state index in [1.165, 1.54) is 0 Å². The van der Waals surface area contributed by atoms with Gasteiger partial charge in [-0.1, -0.05) is 0 Å². The molecule has 0 aliphatic carbocycles. The molecule has 0 spiro atoms. The van der Waals surface area contributed by atoms with Gasteiger partial charge in [-0.15, -0.1) is 0 Å². The molecule has 0 radical (unpaired) electrons. The fourth-order valence-corrected chi connectivity index (χ4v) is 1.77. The van der Waals surface area contributed by atoms with E-state index in [9.17, 15) is 14.4 Å². The molecule has 11 heteroatoms. The van der Waals surface area contributed by atoms with Gasteiger partial charge in [-0.3, -0.25) is 9.59 Å². The second kappa shape index (κ2) is 20.9. The molecule has 0 saturated heterocycles. The van der Waals surface area contributed by atoms with Gasteiger partial charge < -0.3 is 39.1 Å². The highest BCUT2D eigenvalue weighted by atomic mass is 16.6. The predicted octanol–water partition coefficient (Wildman–Crippen LogP) is -1.12. The van der Waals surface area contributed by atoms with Gasteiger partial charge in [0.05, 0.1) is 39.6 Å². The summed E-state index contributed by atoms with van der Waals surface area (Å²) < 4.78 is 30.3. The maximum atomic E-state index is 11.5. The number of carbonyl (C=O) groups is 3. The zero-order chi connectivity index (χ0) is 21.6. The molecule has 0 aromatic rings. The van der Waals surface area contributed by atoms with Gasteiger partial charge in [0, 0.05) is 26.3 Å². The first kappa shape index (κ1) is 27.2. The van der Waals surface area contributed by atoms with Crippen molar-refractivity contribution in [3.63, 3.8) is 0 Å². The third kappa shape index (κ3) is 20.7. The van der Waals surface area contributed by atoms with E-state index >= 15 is 0 Å². The molecule has 0 aromatic heterocycles. The zero-order valence-corrected chi connectivity index (χ0v) is 17.4. The Balaban J connectivity index is 3.47. The zero-order valence-electron chi connectivity index (χ0n) is 17.4. The Labute approximate surface area is 171 Å². The van der Waals surface area contributed by atoms with Crippen LogP contribution in [-0.2, 0) is 42.8 Å². The number of esters is 1. The van der Waals surface area contributed by atoms with E-state index in [1.54, 1.807) is 0 Å². The average Bonchev–Trinajstić information content (AvgIpc) is 2.71. The Morgan fingerprint density at radius 1 is 0.586 bits per heavy atom. The first-order valence-corrected chi connectivity index (χ1v) is 9.67. The van der Waals surface area contributed by atoms with Crippen LogP contribution in [0.1, 0.15) is 13.8 Å². The van der Waals surface area contributed by atoms with Crippen LogP contribution in [0, 0.1) is 0 Å². The van der Waals surface area contributed by atoms with Gasteiger partial charge in [-0.05, 0) is 13.8 Å². The van der Waals surface area contributed by atoms with Crippen LogP contribution in [0.25, 0.3) is 0 Å². The summed E-state index contributed by atoms with van der Waals surface area (Å²) in [4.78, 5) is 34.5. The number of carbonyl (C=O) groups excluding carboxylic acids is 3.